The minimum Gasteiger partial charge on any atom is -0.411 e. The second-order valence-corrected chi connectivity index (χ2v) is 7.27. The first-order chi connectivity index (χ1) is 12.5. The van der Waals surface area contributed by atoms with Crippen LogP contribution in [0.4, 0.5) is 0 Å². The lowest BCUT2D eigenvalue weighted by atomic mass is 10.1. The summed E-state index contributed by atoms with van der Waals surface area (Å²) in [6.07, 6.45) is 0. The van der Waals surface area contributed by atoms with Crippen LogP contribution in [0.15, 0.2) is 58.2 Å². The maximum absolute atomic E-state index is 12.3. The summed E-state index contributed by atoms with van der Waals surface area (Å²) < 4.78 is 5.64. The van der Waals surface area contributed by atoms with E-state index >= 15 is 0 Å². The molecule has 0 N–H and O–H groups in total. The summed E-state index contributed by atoms with van der Waals surface area (Å²) in [6.45, 7) is 2.50. The number of amides is 1. The van der Waals surface area contributed by atoms with Crippen LogP contribution >= 0.6 is 23.4 Å². The normalized spacial score (nSPS) is 10.7. The summed E-state index contributed by atoms with van der Waals surface area (Å²) in [6, 6.07) is 15.3. The Morgan fingerprint density at radius 2 is 2.00 bits per heavy atom. The van der Waals surface area contributed by atoms with Crippen molar-refractivity contribution in [2.24, 2.45) is 0 Å². The minimum absolute atomic E-state index is 0.0229. The quantitative estimate of drug-likeness (QED) is 0.585. The van der Waals surface area contributed by atoms with Gasteiger partial charge in [-0.3, -0.25) is 4.79 Å². The molecule has 1 aromatic heterocycles. The highest BCUT2D eigenvalue weighted by molar-refractivity contribution is 7.99. The highest BCUT2D eigenvalue weighted by atomic mass is 35.5. The Morgan fingerprint density at radius 1 is 1.19 bits per heavy atom. The number of carbonyl (C=O) groups excluding carboxylic acids is 1. The van der Waals surface area contributed by atoms with Crippen LogP contribution in [0.5, 0.6) is 0 Å². The molecule has 0 atom stereocenters. The molecule has 0 aliphatic carbocycles. The number of thioether (sulfide) groups is 1. The Morgan fingerprint density at radius 3 is 2.77 bits per heavy atom. The molecule has 5 nitrogen and oxygen atoms in total. The predicted octanol–water partition coefficient (Wildman–Crippen LogP) is 4.45. The molecule has 134 valence electrons. The van der Waals surface area contributed by atoms with Crippen LogP contribution in [0, 0.1) is 6.92 Å². The molecule has 1 heterocycles. The molecule has 2 aromatic carbocycles. The molecular weight excluding hydrogens is 370 g/mol. The van der Waals surface area contributed by atoms with Gasteiger partial charge in [-0.25, -0.2) is 0 Å². The number of benzene rings is 2. The van der Waals surface area contributed by atoms with Crippen molar-refractivity contribution in [3.05, 3.63) is 64.7 Å². The Balaban J connectivity index is 1.56. The number of nitrogens with zero attached hydrogens (tertiary/aromatic N) is 3. The number of hydrogen-bond acceptors (Lipinski definition) is 5. The number of carbonyl (C=O) groups is 1. The zero-order valence-corrected chi connectivity index (χ0v) is 16.0. The van der Waals surface area contributed by atoms with Crippen molar-refractivity contribution in [3.8, 4) is 11.5 Å². The van der Waals surface area contributed by atoms with Crippen LogP contribution in [-0.2, 0) is 11.3 Å². The van der Waals surface area contributed by atoms with E-state index < -0.39 is 0 Å². The lowest BCUT2D eigenvalue weighted by Gasteiger charge is -2.16. The molecule has 26 heavy (non-hydrogen) atoms. The van der Waals surface area contributed by atoms with Gasteiger partial charge in [0.15, 0.2) is 0 Å². The van der Waals surface area contributed by atoms with Gasteiger partial charge < -0.3 is 9.32 Å². The van der Waals surface area contributed by atoms with E-state index in [9.17, 15) is 4.79 Å². The van der Waals surface area contributed by atoms with E-state index in [0.717, 1.165) is 16.7 Å². The van der Waals surface area contributed by atoms with Crippen LogP contribution in [0.3, 0.4) is 0 Å². The molecule has 0 spiro atoms. The molecule has 0 radical (unpaired) electrons. The van der Waals surface area contributed by atoms with E-state index in [0.29, 0.717) is 22.7 Å². The zero-order valence-electron chi connectivity index (χ0n) is 14.5. The minimum atomic E-state index is -0.0229. The topological polar surface area (TPSA) is 59.2 Å². The average molecular weight is 388 g/mol. The molecule has 0 aliphatic heterocycles. The molecular formula is C19H18ClN3O2S. The lowest BCUT2D eigenvalue weighted by molar-refractivity contribution is -0.127. The van der Waals surface area contributed by atoms with E-state index in [2.05, 4.69) is 10.2 Å². The summed E-state index contributed by atoms with van der Waals surface area (Å²) in [5.41, 5.74) is 2.97. The van der Waals surface area contributed by atoms with Crippen LogP contribution in [0.1, 0.15) is 11.1 Å². The summed E-state index contributed by atoms with van der Waals surface area (Å²) in [5.74, 6) is 0.660. The van der Waals surface area contributed by atoms with Gasteiger partial charge in [-0.05, 0) is 36.8 Å². The van der Waals surface area contributed by atoms with Gasteiger partial charge in [0.1, 0.15) is 0 Å². The average Bonchev–Trinajstić information content (AvgIpc) is 3.08. The fourth-order valence-corrected chi connectivity index (χ4v) is 3.31. The highest BCUT2D eigenvalue weighted by Gasteiger charge is 2.14. The van der Waals surface area contributed by atoms with Gasteiger partial charge in [0.2, 0.25) is 11.8 Å². The van der Waals surface area contributed by atoms with E-state index in [1.165, 1.54) is 11.8 Å². The lowest BCUT2D eigenvalue weighted by Crippen LogP contribution is -2.27. The largest absolute Gasteiger partial charge is 0.411 e. The van der Waals surface area contributed by atoms with Crippen LogP contribution in [0.2, 0.25) is 5.02 Å². The fourth-order valence-electron chi connectivity index (χ4n) is 2.39. The Bertz CT molecular complexity index is 913. The van der Waals surface area contributed by atoms with Crippen LogP contribution < -0.4 is 0 Å². The number of aryl methyl sites for hydroxylation is 1. The number of halogens is 1. The Labute approximate surface area is 161 Å². The third kappa shape index (κ3) is 4.86. The number of hydrogen-bond donors (Lipinski definition) is 0. The molecule has 0 aliphatic rings. The number of aromatic nitrogens is 2. The van der Waals surface area contributed by atoms with Crippen molar-refractivity contribution >= 4 is 29.3 Å². The molecule has 0 saturated carbocycles. The standard InChI is InChI=1S/C19H18ClN3O2S/c1-13-5-3-7-15(9-13)18-21-22-19(25-18)26-12-17(24)23(2)11-14-6-4-8-16(20)10-14/h3-10H,11-12H2,1-2H3. The SMILES string of the molecule is Cc1cccc(-c2nnc(SCC(=O)N(C)Cc3cccc(Cl)c3)o2)c1. The molecule has 0 unspecified atom stereocenters. The molecule has 0 saturated heterocycles. The smallest absolute Gasteiger partial charge is 0.277 e. The van der Waals surface area contributed by atoms with Crippen molar-refractivity contribution in [2.45, 2.75) is 18.7 Å². The predicted molar refractivity (Wildman–Crippen MR) is 103 cm³/mol. The van der Waals surface area contributed by atoms with Gasteiger partial charge in [-0.1, -0.05) is 53.2 Å². The molecule has 3 rings (SSSR count). The summed E-state index contributed by atoms with van der Waals surface area (Å²) >= 11 is 7.21. The zero-order chi connectivity index (χ0) is 18.5. The summed E-state index contributed by atoms with van der Waals surface area (Å²) in [5, 5.41) is 9.10. The molecule has 0 bridgehead atoms. The second-order valence-electron chi connectivity index (χ2n) is 5.91. The first kappa shape index (κ1) is 18.5. The highest BCUT2D eigenvalue weighted by Crippen LogP contribution is 2.24. The molecule has 0 fully saturated rings. The first-order valence-electron chi connectivity index (χ1n) is 8.03. The molecule has 7 heteroatoms. The fraction of sp³-hybridized carbons (Fsp3) is 0.211. The van der Waals surface area contributed by atoms with Crippen molar-refractivity contribution < 1.29 is 9.21 Å². The van der Waals surface area contributed by atoms with E-state index in [-0.39, 0.29) is 11.7 Å². The van der Waals surface area contributed by atoms with Gasteiger partial charge in [-0.2, -0.15) is 0 Å². The van der Waals surface area contributed by atoms with Gasteiger partial charge in [0.05, 0.1) is 5.75 Å². The van der Waals surface area contributed by atoms with Crippen molar-refractivity contribution in [3.63, 3.8) is 0 Å². The Hall–Kier alpha value is -2.31. The first-order valence-corrected chi connectivity index (χ1v) is 9.39. The van der Waals surface area contributed by atoms with Crippen LogP contribution in [0.25, 0.3) is 11.5 Å². The van der Waals surface area contributed by atoms with E-state index in [1.54, 1.807) is 11.9 Å². The van der Waals surface area contributed by atoms with Gasteiger partial charge in [0, 0.05) is 24.2 Å². The van der Waals surface area contributed by atoms with Crippen molar-refractivity contribution in [1.82, 2.24) is 15.1 Å². The molecule has 3 aromatic rings. The van der Waals surface area contributed by atoms with Crippen LogP contribution in [-0.4, -0.2) is 33.8 Å². The van der Waals surface area contributed by atoms with E-state index in [4.69, 9.17) is 16.0 Å². The van der Waals surface area contributed by atoms with Gasteiger partial charge in [-0.15, -0.1) is 10.2 Å². The van der Waals surface area contributed by atoms with Crippen molar-refractivity contribution in [1.29, 1.82) is 0 Å². The second kappa shape index (κ2) is 8.38. The maximum Gasteiger partial charge on any atom is 0.277 e. The summed E-state index contributed by atoms with van der Waals surface area (Å²) in [4.78, 5) is 14.0. The monoisotopic (exact) mass is 387 g/mol. The third-order valence-corrected chi connectivity index (χ3v) is 4.76. The molecule has 1 amide bonds. The Kier molecular flexibility index (Phi) is 5.96. The van der Waals surface area contributed by atoms with Gasteiger partial charge in [0.25, 0.3) is 5.22 Å². The van der Waals surface area contributed by atoms with E-state index in [1.807, 2.05) is 55.5 Å². The summed E-state index contributed by atoms with van der Waals surface area (Å²) in [7, 11) is 1.76. The van der Waals surface area contributed by atoms with Gasteiger partial charge >= 0.3 is 0 Å². The third-order valence-electron chi connectivity index (χ3n) is 3.73. The van der Waals surface area contributed by atoms with Crippen molar-refractivity contribution in [2.75, 3.05) is 12.8 Å². The number of rotatable bonds is 6. The maximum atomic E-state index is 12.3.